The molecule has 0 fully saturated rings. The predicted octanol–water partition coefficient (Wildman–Crippen LogP) is 4.50. The number of halogens is 2. The minimum absolute atomic E-state index is 0.0387. The summed E-state index contributed by atoms with van der Waals surface area (Å²) in [5.41, 5.74) is 0.302. The second kappa shape index (κ2) is 7.77. The highest BCUT2D eigenvalue weighted by atomic mass is 35.5. The molecule has 1 N–H and O–H groups in total. The molecule has 0 spiro atoms. The summed E-state index contributed by atoms with van der Waals surface area (Å²) in [7, 11) is -4.15. The highest BCUT2D eigenvalue weighted by molar-refractivity contribution is 7.87. The summed E-state index contributed by atoms with van der Waals surface area (Å²) < 4.78 is 43.0. The summed E-state index contributed by atoms with van der Waals surface area (Å²) in [6.45, 7) is 0. The van der Waals surface area contributed by atoms with Gasteiger partial charge in [0, 0.05) is 16.8 Å². The number of anilines is 1. The van der Waals surface area contributed by atoms with E-state index in [1.165, 1.54) is 54.6 Å². The van der Waals surface area contributed by atoms with Crippen molar-refractivity contribution in [2.75, 3.05) is 5.32 Å². The number of carbonyl (C=O) groups is 1. The van der Waals surface area contributed by atoms with Crippen LogP contribution in [0.5, 0.6) is 5.75 Å². The third-order valence-corrected chi connectivity index (χ3v) is 5.01. The van der Waals surface area contributed by atoms with Crippen molar-refractivity contribution in [3.63, 3.8) is 0 Å². The molecule has 0 radical (unpaired) electrons. The average Bonchev–Trinajstić information content (AvgIpc) is 2.64. The minimum atomic E-state index is -4.15. The first-order valence-electron chi connectivity index (χ1n) is 7.71. The Kier molecular flexibility index (Phi) is 5.43. The van der Waals surface area contributed by atoms with E-state index >= 15 is 0 Å². The molecule has 0 saturated carbocycles. The summed E-state index contributed by atoms with van der Waals surface area (Å²) in [6.07, 6.45) is 0. The molecule has 0 aliphatic rings. The van der Waals surface area contributed by atoms with Gasteiger partial charge in [-0.15, -0.1) is 0 Å². The summed E-state index contributed by atoms with van der Waals surface area (Å²) in [6, 6.07) is 16.7. The van der Waals surface area contributed by atoms with E-state index in [0.717, 1.165) is 0 Å². The number of nitrogens with one attached hydrogen (secondary N) is 1. The molecule has 8 heteroatoms. The Morgan fingerprint density at radius 3 is 2.30 bits per heavy atom. The van der Waals surface area contributed by atoms with Crippen LogP contribution in [-0.2, 0) is 10.1 Å². The third-order valence-electron chi connectivity index (χ3n) is 3.52. The summed E-state index contributed by atoms with van der Waals surface area (Å²) in [5.74, 6) is -1.29. The van der Waals surface area contributed by atoms with Crippen LogP contribution in [-0.4, -0.2) is 14.3 Å². The van der Waals surface area contributed by atoms with Crippen LogP contribution in [0, 0.1) is 5.82 Å². The van der Waals surface area contributed by atoms with Crippen molar-refractivity contribution in [3.05, 3.63) is 89.2 Å². The van der Waals surface area contributed by atoms with Gasteiger partial charge in [0.25, 0.3) is 5.91 Å². The van der Waals surface area contributed by atoms with E-state index in [2.05, 4.69) is 5.32 Å². The lowest BCUT2D eigenvalue weighted by atomic mass is 10.2. The Morgan fingerprint density at radius 1 is 0.963 bits per heavy atom. The second-order valence-corrected chi connectivity index (χ2v) is 7.43. The van der Waals surface area contributed by atoms with E-state index in [1.54, 1.807) is 18.2 Å². The van der Waals surface area contributed by atoms with Gasteiger partial charge in [-0.25, -0.2) is 4.39 Å². The van der Waals surface area contributed by atoms with Gasteiger partial charge in [-0.2, -0.15) is 8.42 Å². The Balaban J connectivity index is 1.91. The first-order valence-corrected chi connectivity index (χ1v) is 9.50. The SMILES string of the molecule is O=C(Nc1ccc(F)cc1)c1ccc(Cl)cc1OS(=O)(=O)c1ccccc1. The molecule has 0 aliphatic heterocycles. The normalized spacial score (nSPS) is 11.0. The van der Waals surface area contributed by atoms with Crippen LogP contribution in [0.1, 0.15) is 10.4 Å². The van der Waals surface area contributed by atoms with Crippen molar-refractivity contribution < 1.29 is 21.8 Å². The maximum atomic E-state index is 13.0. The molecular formula is C19H13ClFNO4S. The Hall–Kier alpha value is -2.90. The molecule has 3 aromatic rings. The maximum Gasteiger partial charge on any atom is 0.339 e. The molecule has 1 amide bonds. The zero-order valence-electron chi connectivity index (χ0n) is 13.7. The van der Waals surface area contributed by atoms with Gasteiger partial charge in [0.1, 0.15) is 10.7 Å². The van der Waals surface area contributed by atoms with Crippen LogP contribution in [0.15, 0.2) is 77.7 Å². The van der Waals surface area contributed by atoms with Crippen molar-refractivity contribution in [3.8, 4) is 5.75 Å². The highest BCUT2D eigenvalue weighted by Gasteiger charge is 2.21. The molecule has 0 saturated heterocycles. The molecule has 0 bridgehead atoms. The molecule has 27 heavy (non-hydrogen) atoms. The molecule has 3 rings (SSSR count). The van der Waals surface area contributed by atoms with E-state index in [4.69, 9.17) is 15.8 Å². The molecule has 0 aromatic heterocycles. The predicted molar refractivity (Wildman–Crippen MR) is 100 cm³/mol. The number of benzene rings is 3. The summed E-state index contributed by atoms with van der Waals surface area (Å²) in [4.78, 5) is 12.5. The average molecular weight is 406 g/mol. The van der Waals surface area contributed by atoms with Crippen molar-refractivity contribution >= 4 is 33.3 Å². The molecule has 0 atom stereocenters. The van der Waals surface area contributed by atoms with Gasteiger partial charge in [0.15, 0.2) is 5.75 Å². The fourth-order valence-electron chi connectivity index (χ4n) is 2.24. The highest BCUT2D eigenvalue weighted by Crippen LogP contribution is 2.27. The van der Waals surface area contributed by atoms with Gasteiger partial charge < -0.3 is 9.50 Å². The standard InChI is InChI=1S/C19H13ClFNO4S/c20-13-6-11-17(19(23)22-15-9-7-14(21)8-10-15)18(12-13)26-27(24,25)16-4-2-1-3-5-16/h1-12H,(H,22,23). The number of hydrogen-bond donors (Lipinski definition) is 1. The van der Waals surface area contributed by atoms with Crippen molar-refractivity contribution in [2.24, 2.45) is 0 Å². The summed E-state index contributed by atoms with van der Waals surface area (Å²) in [5, 5.41) is 2.75. The fraction of sp³-hybridized carbons (Fsp3) is 0. The van der Waals surface area contributed by atoms with Crippen LogP contribution < -0.4 is 9.50 Å². The van der Waals surface area contributed by atoms with Crippen LogP contribution in [0.3, 0.4) is 0 Å². The van der Waals surface area contributed by atoms with Gasteiger partial charge in [0.2, 0.25) is 0 Å². The van der Waals surface area contributed by atoms with Crippen molar-refractivity contribution in [2.45, 2.75) is 4.90 Å². The lowest BCUT2D eigenvalue weighted by Gasteiger charge is -2.12. The van der Waals surface area contributed by atoms with Crippen LogP contribution in [0.2, 0.25) is 5.02 Å². The fourth-order valence-corrected chi connectivity index (χ4v) is 3.36. The van der Waals surface area contributed by atoms with E-state index in [9.17, 15) is 17.6 Å². The zero-order valence-corrected chi connectivity index (χ0v) is 15.3. The van der Waals surface area contributed by atoms with E-state index in [1.807, 2.05) is 0 Å². The molecule has 0 unspecified atom stereocenters. The zero-order chi connectivity index (χ0) is 19.4. The third kappa shape index (κ3) is 4.64. The smallest absolute Gasteiger partial charge is 0.339 e. The van der Waals surface area contributed by atoms with Crippen molar-refractivity contribution in [1.29, 1.82) is 0 Å². The Bertz CT molecular complexity index is 1070. The molecule has 138 valence electrons. The largest absolute Gasteiger partial charge is 0.378 e. The topological polar surface area (TPSA) is 72.5 Å². The molecule has 3 aromatic carbocycles. The first-order chi connectivity index (χ1) is 12.8. The quantitative estimate of drug-likeness (QED) is 0.634. The number of carbonyl (C=O) groups excluding carboxylic acids is 1. The van der Waals surface area contributed by atoms with Crippen molar-refractivity contribution in [1.82, 2.24) is 0 Å². The van der Waals surface area contributed by atoms with Gasteiger partial charge in [-0.05, 0) is 48.5 Å². The lowest BCUT2D eigenvalue weighted by molar-refractivity contribution is 0.102. The first kappa shape index (κ1) is 18.9. The van der Waals surface area contributed by atoms with Gasteiger partial charge >= 0.3 is 10.1 Å². The number of hydrogen-bond acceptors (Lipinski definition) is 4. The number of amides is 1. The van der Waals surface area contributed by atoms with Gasteiger partial charge in [-0.3, -0.25) is 4.79 Å². The van der Waals surface area contributed by atoms with Crippen LogP contribution in [0.4, 0.5) is 10.1 Å². The molecular weight excluding hydrogens is 393 g/mol. The molecule has 0 aliphatic carbocycles. The Labute approximate surface area is 160 Å². The van der Waals surface area contributed by atoms with Gasteiger partial charge in [-0.1, -0.05) is 29.8 Å². The minimum Gasteiger partial charge on any atom is -0.378 e. The van der Waals surface area contributed by atoms with E-state index < -0.39 is 21.8 Å². The molecule has 0 heterocycles. The number of rotatable bonds is 5. The van der Waals surface area contributed by atoms with E-state index in [0.29, 0.717) is 5.69 Å². The maximum absolute atomic E-state index is 13.0. The van der Waals surface area contributed by atoms with Gasteiger partial charge in [0.05, 0.1) is 5.56 Å². The molecule has 5 nitrogen and oxygen atoms in total. The summed E-state index contributed by atoms with van der Waals surface area (Å²) >= 11 is 5.93. The van der Waals surface area contributed by atoms with Crippen LogP contribution >= 0.6 is 11.6 Å². The van der Waals surface area contributed by atoms with E-state index in [-0.39, 0.29) is 21.2 Å². The Morgan fingerprint density at radius 2 is 1.63 bits per heavy atom. The second-order valence-electron chi connectivity index (χ2n) is 5.45. The monoisotopic (exact) mass is 405 g/mol. The lowest BCUT2D eigenvalue weighted by Crippen LogP contribution is -2.16. The van der Waals surface area contributed by atoms with Crippen LogP contribution in [0.25, 0.3) is 0 Å².